The fourth-order valence-electron chi connectivity index (χ4n) is 2.55. The van der Waals surface area contributed by atoms with Crippen molar-refractivity contribution in [3.05, 3.63) is 64.0 Å². The second kappa shape index (κ2) is 6.26. The Bertz CT molecular complexity index is 1070. The Kier molecular flexibility index (Phi) is 4.27. The number of nitro groups is 1. The van der Waals surface area contributed by atoms with E-state index < -0.39 is 14.9 Å². The minimum Gasteiger partial charge on any atom is -0.330 e. The van der Waals surface area contributed by atoms with E-state index in [1.54, 1.807) is 18.5 Å². The predicted molar refractivity (Wildman–Crippen MR) is 92.6 cm³/mol. The molecule has 0 aliphatic rings. The fourth-order valence-corrected chi connectivity index (χ4v) is 3.55. The molecule has 0 spiro atoms. The lowest BCUT2D eigenvalue weighted by Crippen LogP contribution is -2.24. The van der Waals surface area contributed by atoms with Crippen LogP contribution in [0.3, 0.4) is 0 Å². The van der Waals surface area contributed by atoms with Crippen molar-refractivity contribution >= 4 is 26.7 Å². The van der Waals surface area contributed by atoms with Crippen LogP contribution in [0.2, 0.25) is 0 Å². The van der Waals surface area contributed by atoms with Crippen molar-refractivity contribution in [3.63, 3.8) is 0 Å². The number of aryl methyl sites for hydroxylation is 2. The molecule has 0 radical (unpaired) electrons. The highest BCUT2D eigenvalue weighted by atomic mass is 32.2. The first-order chi connectivity index (χ1) is 11.8. The number of imidazole rings is 1. The van der Waals surface area contributed by atoms with Gasteiger partial charge in [0.05, 0.1) is 27.4 Å². The number of benzene rings is 2. The number of rotatable bonds is 5. The van der Waals surface area contributed by atoms with Crippen LogP contribution in [0, 0.1) is 17.0 Å². The van der Waals surface area contributed by atoms with Crippen molar-refractivity contribution < 1.29 is 13.3 Å². The number of nitrogens with zero attached hydrogens (tertiary/aromatic N) is 3. The number of para-hydroxylation sites is 2. The number of nitro benzene ring substituents is 1. The van der Waals surface area contributed by atoms with Gasteiger partial charge in [0.1, 0.15) is 5.82 Å². The second-order valence-corrected chi connectivity index (χ2v) is 7.37. The molecule has 0 atom stereocenters. The SMILES string of the molecule is Cc1ccc(S(=O)(=O)NCc2nc3ccccc3n2C)cc1[N+](=O)[O-]. The molecule has 25 heavy (non-hydrogen) atoms. The molecular formula is C16H16N4O4S. The van der Waals surface area contributed by atoms with Crippen molar-refractivity contribution in [2.24, 2.45) is 7.05 Å². The third-order valence-electron chi connectivity index (χ3n) is 3.99. The van der Waals surface area contributed by atoms with Gasteiger partial charge in [0.2, 0.25) is 10.0 Å². The molecule has 0 aliphatic heterocycles. The Balaban J connectivity index is 1.88. The van der Waals surface area contributed by atoms with Crippen molar-refractivity contribution in [2.75, 3.05) is 0 Å². The lowest BCUT2D eigenvalue weighted by atomic mass is 10.2. The monoisotopic (exact) mass is 360 g/mol. The lowest BCUT2D eigenvalue weighted by Gasteiger charge is -2.08. The first-order valence-electron chi connectivity index (χ1n) is 7.44. The molecule has 0 saturated carbocycles. The number of hydrogen-bond acceptors (Lipinski definition) is 5. The minimum absolute atomic E-state index is 0.0187. The Labute approximate surface area is 144 Å². The number of fused-ring (bicyclic) bond motifs is 1. The maximum atomic E-state index is 12.4. The average Bonchev–Trinajstić information content (AvgIpc) is 2.89. The highest BCUT2D eigenvalue weighted by molar-refractivity contribution is 7.89. The number of hydrogen-bond donors (Lipinski definition) is 1. The molecule has 0 saturated heterocycles. The summed E-state index contributed by atoms with van der Waals surface area (Å²) in [6.07, 6.45) is 0. The van der Waals surface area contributed by atoms with Gasteiger partial charge in [-0.15, -0.1) is 0 Å². The van der Waals surface area contributed by atoms with Gasteiger partial charge < -0.3 is 4.57 Å². The first kappa shape index (κ1) is 17.1. The smallest absolute Gasteiger partial charge is 0.273 e. The Morgan fingerprint density at radius 2 is 1.96 bits per heavy atom. The second-order valence-electron chi connectivity index (χ2n) is 5.61. The standard InChI is InChI=1S/C16H16N4O4S/c1-11-7-8-12(9-15(11)20(21)22)25(23,24)17-10-16-18-13-5-3-4-6-14(13)19(16)2/h3-9,17H,10H2,1-2H3. The molecule has 1 N–H and O–H groups in total. The average molecular weight is 360 g/mol. The molecule has 9 heteroatoms. The van der Waals surface area contributed by atoms with Gasteiger partial charge >= 0.3 is 0 Å². The summed E-state index contributed by atoms with van der Waals surface area (Å²) in [5.41, 5.74) is 1.83. The zero-order chi connectivity index (χ0) is 18.2. The van der Waals surface area contributed by atoms with Gasteiger partial charge in [0, 0.05) is 18.7 Å². The van der Waals surface area contributed by atoms with Crippen LogP contribution >= 0.6 is 0 Å². The number of sulfonamides is 1. The molecule has 0 bridgehead atoms. The summed E-state index contributed by atoms with van der Waals surface area (Å²) in [7, 11) is -2.09. The molecule has 0 unspecified atom stereocenters. The molecule has 8 nitrogen and oxygen atoms in total. The molecule has 3 aromatic rings. The van der Waals surface area contributed by atoms with Gasteiger partial charge in [-0.25, -0.2) is 18.1 Å². The molecule has 1 heterocycles. The van der Waals surface area contributed by atoms with Crippen molar-refractivity contribution in [1.82, 2.24) is 14.3 Å². The predicted octanol–water partition coefficient (Wildman–Crippen LogP) is 2.27. The lowest BCUT2D eigenvalue weighted by molar-refractivity contribution is -0.385. The van der Waals surface area contributed by atoms with Gasteiger partial charge in [-0.3, -0.25) is 10.1 Å². The Hall–Kier alpha value is -2.78. The van der Waals surface area contributed by atoms with E-state index in [0.29, 0.717) is 11.4 Å². The number of nitrogens with one attached hydrogen (secondary N) is 1. The van der Waals surface area contributed by atoms with Crippen LogP contribution in [-0.4, -0.2) is 22.9 Å². The van der Waals surface area contributed by atoms with E-state index in [4.69, 9.17) is 0 Å². The third kappa shape index (κ3) is 3.24. The van der Waals surface area contributed by atoms with Gasteiger partial charge in [-0.05, 0) is 25.1 Å². The molecular weight excluding hydrogens is 344 g/mol. The maximum absolute atomic E-state index is 12.4. The third-order valence-corrected chi connectivity index (χ3v) is 5.39. The van der Waals surface area contributed by atoms with Crippen LogP contribution in [0.4, 0.5) is 5.69 Å². The van der Waals surface area contributed by atoms with E-state index in [-0.39, 0.29) is 17.1 Å². The Morgan fingerprint density at radius 3 is 2.64 bits per heavy atom. The van der Waals surface area contributed by atoms with Crippen molar-refractivity contribution in [2.45, 2.75) is 18.4 Å². The van der Waals surface area contributed by atoms with E-state index >= 15 is 0 Å². The summed E-state index contributed by atoms with van der Waals surface area (Å²) < 4.78 is 29.1. The number of aromatic nitrogens is 2. The summed E-state index contributed by atoms with van der Waals surface area (Å²) >= 11 is 0. The van der Waals surface area contributed by atoms with Crippen LogP contribution in [0.15, 0.2) is 47.4 Å². The molecule has 130 valence electrons. The molecule has 0 fully saturated rings. The molecule has 3 rings (SSSR count). The van der Waals surface area contributed by atoms with Gasteiger partial charge in [0.25, 0.3) is 5.69 Å². The molecule has 2 aromatic carbocycles. The summed E-state index contributed by atoms with van der Waals surface area (Å²) in [5.74, 6) is 0.548. The fraction of sp³-hybridized carbons (Fsp3) is 0.188. The largest absolute Gasteiger partial charge is 0.330 e. The normalized spacial score (nSPS) is 11.8. The van der Waals surface area contributed by atoms with Crippen LogP contribution in [0.5, 0.6) is 0 Å². The zero-order valence-corrected chi connectivity index (χ0v) is 14.4. The summed E-state index contributed by atoms with van der Waals surface area (Å²) in [5, 5.41) is 11.0. The van der Waals surface area contributed by atoms with Gasteiger partial charge in [-0.1, -0.05) is 18.2 Å². The quantitative estimate of drug-likeness (QED) is 0.555. The highest BCUT2D eigenvalue weighted by Gasteiger charge is 2.20. The van der Waals surface area contributed by atoms with Gasteiger partial charge in [-0.2, -0.15) is 0 Å². The maximum Gasteiger partial charge on any atom is 0.273 e. The van der Waals surface area contributed by atoms with E-state index in [1.165, 1.54) is 12.1 Å². The van der Waals surface area contributed by atoms with E-state index in [0.717, 1.165) is 17.1 Å². The highest BCUT2D eigenvalue weighted by Crippen LogP contribution is 2.22. The van der Waals surface area contributed by atoms with Crippen molar-refractivity contribution in [1.29, 1.82) is 0 Å². The minimum atomic E-state index is -3.89. The summed E-state index contributed by atoms with van der Waals surface area (Å²) in [6.45, 7) is 1.54. The van der Waals surface area contributed by atoms with Gasteiger partial charge in [0.15, 0.2) is 0 Å². The van der Waals surface area contributed by atoms with Crippen LogP contribution in [0.25, 0.3) is 11.0 Å². The van der Waals surface area contributed by atoms with Crippen molar-refractivity contribution in [3.8, 4) is 0 Å². The molecule has 0 amide bonds. The topological polar surface area (TPSA) is 107 Å². The van der Waals surface area contributed by atoms with Crippen LogP contribution in [0.1, 0.15) is 11.4 Å². The molecule has 1 aromatic heterocycles. The van der Waals surface area contributed by atoms with Crippen LogP contribution < -0.4 is 4.72 Å². The van der Waals surface area contributed by atoms with E-state index in [1.807, 2.05) is 24.3 Å². The Morgan fingerprint density at radius 1 is 1.24 bits per heavy atom. The summed E-state index contributed by atoms with van der Waals surface area (Å²) in [6, 6.07) is 11.3. The van der Waals surface area contributed by atoms with Crippen LogP contribution in [-0.2, 0) is 23.6 Å². The van der Waals surface area contributed by atoms with E-state index in [2.05, 4.69) is 9.71 Å². The first-order valence-corrected chi connectivity index (χ1v) is 8.93. The zero-order valence-electron chi connectivity index (χ0n) is 13.6. The molecule has 0 aliphatic carbocycles. The van der Waals surface area contributed by atoms with E-state index in [9.17, 15) is 18.5 Å². The summed E-state index contributed by atoms with van der Waals surface area (Å²) in [4.78, 5) is 14.7.